The maximum Gasteiger partial charge on any atom is 0.387 e. The Kier molecular flexibility index (Phi) is 7.60. The van der Waals surface area contributed by atoms with Crippen molar-refractivity contribution in [2.24, 2.45) is 0 Å². The molecule has 8 heteroatoms. The summed E-state index contributed by atoms with van der Waals surface area (Å²) in [5.41, 5.74) is 1.79. The fourth-order valence-corrected chi connectivity index (χ4v) is 2.58. The highest BCUT2D eigenvalue weighted by Gasteiger charge is 2.09. The molecule has 0 aliphatic heterocycles. The predicted molar refractivity (Wildman–Crippen MR) is 105 cm³/mol. The highest BCUT2D eigenvalue weighted by atomic mass is 32.1. The number of alkyl halides is 2. The fourth-order valence-electron chi connectivity index (χ4n) is 2.37. The van der Waals surface area contributed by atoms with Crippen LogP contribution in [0.15, 0.2) is 42.5 Å². The van der Waals surface area contributed by atoms with Crippen LogP contribution in [0.4, 0.5) is 14.5 Å². The van der Waals surface area contributed by atoms with Gasteiger partial charge in [0, 0.05) is 19.3 Å². The third kappa shape index (κ3) is 6.25. The van der Waals surface area contributed by atoms with Crippen molar-refractivity contribution in [1.82, 2.24) is 4.90 Å². The van der Waals surface area contributed by atoms with Gasteiger partial charge < -0.3 is 24.4 Å². The Bertz CT molecular complexity index is 757. The van der Waals surface area contributed by atoms with Gasteiger partial charge >= 0.3 is 6.61 Å². The number of ether oxygens (including phenoxy) is 3. The van der Waals surface area contributed by atoms with Crippen LogP contribution in [0.1, 0.15) is 5.56 Å². The van der Waals surface area contributed by atoms with Crippen molar-refractivity contribution in [3.05, 3.63) is 48.0 Å². The van der Waals surface area contributed by atoms with Crippen molar-refractivity contribution in [1.29, 1.82) is 0 Å². The number of nitrogens with one attached hydrogen (secondary N) is 1. The van der Waals surface area contributed by atoms with Crippen LogP contribution in [-0.4, -0.2) is 44.4 Å². The maximum atomic E-state index is 12.2. The van der Waals surface area contributed by atoms with Gasteiger partial charge in [0.15, 0.2) is 16.6 Å². The zero-order valence-corrected chi connectivity index (χ0v) is 16.2. The van der Waals surface area contributed by atoms with Crippen LogP contribution in [0.5, 0.6) is 17.2 Å². The van der Waals surface area contributed by atoms with Gasteiger partial charge in [-0.3, -0.25) is 0 Å². The molecule has 0 saturated carbocycles. The number of rotatable bonds is 8. The Balaban J connectivity index is 1.88. The quantitative estimate of drug-likeness (QED) is 0.676. The number of hydrogen-bond acceptors (Lipinski definition) is 4. The fraction of sp³-hybridized carbons (Fsp3) is 0.316. The topological polar surface area (TPSA) is 43.0 Å². The predicted octanol–water partition coefficient (Wildman–Crippen LogP) is 4.18. The van der Waals surface area contributed by atoms with Gasteiger partial charge in [-0.15, -0.1) is 0 Å². The number of likely N-dealkylation sites (N-methyl/N-ethyl adjacent to an activating group) is 1. The van der Waals surface area contributed by atoms with Crippen molar-refractivity contribution in [3.8, 4) is 17.2 Å². The van der Waals surface area contributed by atoms with Crippen LogP contribution in [0.2, 0.25) is 0 Å². The molecule has 0 bridgehead atoms. The maximum absolute atomic E-state index is 12.2. The van der Waals surface area contributed by atoms with E-state index < -0.39 is 6.61 Å². The molecular formula is C19H22F2N2O3S. The lowest BCUT2D eigenvalue weighted by atomic mass is 10.1. The zero-order valence-electron chi connectivity index (χ0n) is 15.4. The van der Waals surface area contributed by atoms with Crippen LogP contribution in [0.25, 0.3) is 0 Å². The molecule has 0 amide bonds. The van der Waals surface area contributed by atoms with E-state index in [1.807, 2.05) is 30.1 Å². The normalized spacial score (nSPS) is 10.4. The second-order valence-electron chi connectivity index (χ2n) is 5.69. The summed E-state index contributed by atoms with van der Waals surface area (Å²) in [6.07, 6.45) is 0.764. The molecule has 146 valence electrons. The van der Waals surface area contributed by atoms with Crippen LogP contribution < -0.4 is 19.5 Å². The summed E-state index contributed by atoms with van der Waals surface area (Å²) in [5, 5.41) is 3.59. The van der Waals surface area contributed by atoms with E-state index in [9.17, 15) is 8.78 Å². The molecule has 1 N–H and O–H groups in total. The lowest BCUT2D eigenvalue weighted by Gasteiger charge is -2.21. The summed E-state index contributed by atoms with van der Waals surface area (Å²) in [4.78, 5) is 1.90. The monoisotopic (exact) mass is 396 g/mol. The first-order valence-electron chi connectivity index (χ1n) is 8.21. The number of thiocarbonyl (C=S) groups is 1. The average molecular weight is 396 g/mol. The van der Waals surface area contributed by atoms with Gasteiger partial charge in [-0.25, -0.2) is 0 Å². The zero-order chi connectivity index (χ0) is 19.8. The van der Waals surface area contributed by atoms with Crippen LogP contribution in [0, 0.1) is 0 Å². The molecule has 0 unspecified atom stereocenters. The molecule has 5 nitrogen and oxygen atoms in total. The van der Waals surface area contributed by atoms with E-state index in [1.54, 1.807) is 26.4 Å². The van der Waals surface area contributed by atoms with E-state index in [4.69, 9.17) is 21.7 Å². The number of methoxy groups -OCH3 is 2. The van der Waals surface area contributed by atoms with Crippen molar-refractivity contribution in [2.75, 3.05) is 33.1 Å². The molecule has 0 aromatic heterocycles. The second kappa shape index (κ2) is 9.91. The van der Waals surface area contributed by atoms with Crippen LogP contribution in [0.3, 0.4) is 0 Å². The molecule has 0 atom stereocenters. The minimum Gasteiger partial charge on any atom is -0.493 e. The Morgan fingerprint density at radius 1 is 1.07 bits per heavy atom. The van der Waals surface area contributed by atoms with Gasteiger partial charge in [0.05, 0.1) is 14.2 Å². The lowest BCUT2D eigenvalue weighted by molar-refractivity contribution is -0.0498. The summed E-state index contributed by atoms with van der Waals surface area (Å²) in [7, 11) is 5.08. The number of benzene rings is 2. The Morgan fingerprint density at radius 2 is 1.74 bits per heavy atom. The second-order valence-corrected chi connectivity index (χ2v) is 6.08. The number of anilines is 1. The van der Waals surface area contributed by atoms with Crippen molar-refractivity contribution in [2.45, 2.75) is 13.0 Å². The first kappa shape index (κ1) is 20.7. The first-order valence-corrected chi connectivity index (χ1v) is 8.61. The highest BCUT2D eigenvalue weighted by Crippen LogP contribution is 2.27. The van der Waals surface area contributed by atoms with E-state index in [0.717, 1.165) is 12.0 Å². The minimum absolute atomic E-state index is 0.100. The highest BCUT2D eigenvalue weighted by molar-refractivity contribution is 7.80. The molecule has 2 rings (SSSR count). The molecule has 0 heterocycles. The third-order valence-electron chi connectivity index (χ3n) is 3.86. The largest absolute Gasteiger partial charge is 0.493 e. The molecule has 0 fully saturated rings. The van der Waals surface area contributed by atoms with Gasteiger partial charge in [0.2, 0.25) is 0 Å². The van der Waals surface area contributed by atoms with Crippen molar-refractivity contribution < 1.29 is 23.0 Å². The smallest absolute Gasteiger partial charge is 0.387 e. The van der Waals surface area contributed by atoms with E-state index in [1.165, 1.54) is 12.1 Å². The minimum atomic E-state index is -2.84. The standard InChI is InChI=1S/C19H22F2N2O3S/c1-23(11-10-13-4-9-16(24-2)17(12-13)25-3)19(27)22-14-5-7-15(8-6-14)26-18(20)21/h4-9,12,18H,10-11H2,1-3H3,(H,22,27). The van der Waals surface area contributed by atoms with Gasteiger partial charge in [0.25, 0.3) is 0 Å². The molecule has 0 aliphatic carbocycles. The number of nitrogens with zero attached hydrogens (tertiary/aromatic N) is 1. The van der Waals surface area contributed by atoms with Crippen LogP contribution >= 0.6 is 12.2 Å². The van der Waals surface area contributed by atoms with E-state index in [-0.39, 0.29) is 5.75 Å². The Labute approximate surface area is 162 Å². The van der Waals surface area contributed by atoms with Gasteiger partial charge in [-0.05, 0) is 60.6 Å². The first-order chi connectivity index (χ1) is 12.9. The molecule has 0 spiro atoms. The van der Waals surface area contributed by atoms with Crippen LogP contribution in [-0.2, 0) is 6.42 Å². The Morgan fingerprint density at radius 3 is 2.33 bits per heavy atom. The molecule has 2 aromatic carbocycles. The van der Waals surface area contributed by atoms with Crippen molar-refractivity contribution in [3.63, 3.8) is 0 Å². The van der Waals surface area contributed by atoms with Gasteiger partial charge in [-0.1, -0.05) is 6.07 Å². The molecule has 27 heavy (non-hydrogen) atoms. The van der Waals surface area contributed by atoms with Gasteiger partial charge in [-0.2, -0.15) is 8.78 Å². The lowest BCUT2D eigenvalue weighted by Crippen LogP contribution is -2.32. The summed E-state index contributed by atoms with van der Waals surface area (Å²) < 4.78 is 39.2. The SMILES string of the molecule is COc1ccc(CCN(C)C(=S)Nc2ccc(OC(F)F)cc2)cc1OC. The average Bonchev–Trinajstić information content (AvgIpc) is 2.66. The summed E-state index contributed by atoms with van der Waals surface area (Å²) in [5.74, 6) is 1.47. The third-order valence-corrected chi connectivity index (χ3v) is 4.28. The van der Waals surface area contributed by atoms with E-state index in [0.29, 0.717) is 28.8 Å². The summed E-state index contributed by atoms with van der Waals surface area (Å²) in [6, 6.07) is 12.0. The molecule has 2 aromatic rings. The van der Waals surface area contributed by atoms with Gasteiger partial charge in [0.1, 0.15) is 5.75 Å². The Hall–Kier alpha value is -2.61. The molecular weight excluding hydrogens is 374 g/mol. The number of hydrogen-bond donors (Lipinski definition) is 1. The van der Waals surface area contributed by atoms with E-state index >= 15 is 0 Å². The molecule has 0 saturated heterocycles. The molecule has 0 radical (unpaired) electrons. The number of halogens is 2. The summed E-state index contributed by atoms with van der Waals surface area (Å²) >= 11 is 5.38. The molecule has 0 aliphatic rings. The summed E-state index contributed by atoms with van der Waals surface area (Å²) in [6.45, 7) is -2.15. The van der Waals surface area contributed by atoms with E-state index in [2.05, 4.69) is 10.1 Å². The van der Waals surface area contributed by atoms with Crippen molar-refractivity contribution >= 4 is 23.0 Å².